The lowest BCUT2D eigenvalue weighted by atomic mass is 10.4. The van der Waals surface area contributed by atoms with Crippen LogP contribution in [0.4, 0.5) is 4.79 Å². The molecule has 0 saturated heterocycles. The first-order chi connectivity index (χ1) is 7.20. The molecule has 0 atom stereocenters. The van der Waals surface area contributed by atoms with Gasteiger partial charge < -0.3 is 15.0 Å². The molecule has 0 aliphatic heterocycles. The van der Waals surface area contributed by atoms with Crippen molar-refractivity contribution in [2.75, 3.05) is 6.61 Å². The fourth-order valence-corrected chi connectivity index (χ4v) is 0.985. The Labute approximate surface area is 88.2 Å². The fraction of sp³-hybridized carbons (Fsp3) is 0.400. The Hall–Kier alpha value is -1.96. The Balaban J connectivity index is 2.23. The molecule has 5 heteroatoms. The van der Waals surface area contributed by atoms with Crippen molar-refractivity contribution < 1.29 is 9.53 Å². The van der Waals surface area contributed by atoms with Gasteiger partial charge in [0.2, 0.25) is 0 Å². The van der Waals surface area contributed by atoms with Crippen LogP contribution < -0.4 is 5.73 Å². The van der Waals surface area contributed by atoms with Crippen LogP contribution in [0.15, 0.2) is 12.5 Å². The van der Waals surface area contributed by atoms with Gasteiger partial charge in [-0.05, 0) is 6.92 Å². The zero-order valence-electron chi connectivity index (χ0n) is 8.56. The van der Waals surface area contributed by atoms with E-state index in [4.69, 9.17) is 5.73 Å². The quantitative estimate of drug-likeness (QED) is 0.585. The normalized spacial score (nSPS) is 9.13. The summed E-state index contributed by atoms with van der Waals surface area (Å²) in [6.45, 7) is 2.80. The molecule has 1 rings (SSSR count). The summed E-state index contributed by atoms with van der Waals surface area (Å²) in [6, 6.07) is 0. The van der Waals surface area contributed by atoms with Crippen LogP contribution in [0.2, 0.25) is 0 Å². The average Bonchev–Trinajstić information content (AvgIpc) is 2.57. The van der Waals surface area contributed by atoms with Crippen molar-refractivity contribution in [2.45, 2.75) is 19.9 Å². The highest BCUT2D eigenvalue weighted by molar-refractivity contribution is 5.64. The summed E-state index contributed by atoms with van der Waals surface area (Å²) in [4.78, 5) is 14.2. The molecule has 0 aromatic carbocycles. The van der Waals surface area contributed by atoms with Crippen LogP contribution in [0, 0.1) is 18.8 Å². The van der Waals surface area contributed by atoms with Crippen molar-refractivity contribution in [3.63, 3.8) is 0 Å². The van der Waals surface area contributed by atoms with Crippen molar-refractivity contribution in [3.05, 3.63) is 18.2 Å². The van der Waals surface area contributed by atoms with E-state index in [9.17, 15) is 4.79 Å². The molecular formula is C10H13N3O2. The number of ether oxygens (including phenoxy) is 1. The Morgan fingerprint density at radius 2 is 2.47 bits per heavy atom. The molecule has 1 aromatic heterocycles. The van der Waals surface area contributed by atoms with Crippen LogP contribution in [-0.2, 0) is 11.3 Å². The monoisotopic (exact) mass is 207 g/mol. The second-order valence-electron chi connectivity index (χ2n) is 2.93. The van der Waals surface area contributed by atoms with Gasteiger partial charge in [-0.3, -0.25) is 0 Å². The third-order valence-corrected chi connectivity index (χ3v) is 1.77. The predicted molar refractivity (Wildman–Crippen MR) is 54.9 cm³/mol. The third-order valence-electron chi connectivity index (χ3n) is 1.77. The number of hydrogen-bond donors (Lipinski definition) is 1. The predicted octanol–water partition coefficient (Wildman–Crippen LogP) is 0.680. The molecule has 2 N–H and O–H groups in total. The second kappa shape index (κ2) is 5.70. The van der Waals surface area contributed by atoms with Gasteiger partial charge in [0.05, 0.1) is 12.9 Å². The molecule has 0 spiro atoms. The first-order valence-corrected chi connectivity index (χ1v) is 4.55. The molecule has 0 fully saturated rings. The molecule has 0 aliphatic carbocycles. The van der Waals surface area contributed by atoms with Gasteiger partial charge in [0, 0.05) is 18.3 Å². The van der Waals surface area contributed by atoms with E-state index in [-0.39, 0.29) is 6.61 Å². The lowest BCUT2D eigenvalue weighted by Gasteiger charge is -1.97. The molecule has 15 heavy (non-hydrogen) atoms. The largest absolute Gasteiger partial charge is 0.449 e. The molecule has 1 heterocycles. The summed E-state index contributed by atoms with van der Waals surface area (Å²) in [5.41, 5.74) is 5.85. The van der Waals surface area contributed by atoms with Gasteiger partial charge in [-0.25, -0.2) is 9.78 Å². The molecule has 0 aliphatic rings. The summed E-state index contributed by atoms with van der Waals surface area (Å²) in [5.74, 6) is 5.82. The molecule has 5 nitrogen and oxygen atoms in total. The van der Waals surface area contributed by atoms with Gasteiger partial charge in [0.25, 0.3) is 0 Å². The van der Waals surface area contributed by atoms with E-state index in [0.29, 0.717) is 13.0 Å². The SMILES string of the molecule is Cc1cncn1CC#CCCOC(N)=O. The Morgan fingerprint density at radius 3 is 3.07 bits per heavy atom. The number of hydrogen-bond acceptors (Lipinski definition) is 3. The van der Waals surface area contributed by atoms with E-state index in [1.807, 2.05) is 11.5 Å². The molecule has 0 bridgehead atoms. The van der Waals surface area contributed by atoms with Crippen molar-refractivity contribution in [1.29, 1.82) is 0 Å². The molecule has 0 unspecified atom stereocenters. The van der Waals surface area contributed by atoms with Gasteiger partial charge in [-0.1, -0.05) is 11.8 Å². The van der Waals surface area contributed by atoms with Crippen LogP contribution in [-0.4, -0.2) is 22.3 Å². The molecule has 0 saturated carbocycles. The molecule has 1 amide bonds. The van der Waals surface area contributed by atoms with Crippen LogP contribution >= 0.6 is 0 Å². The first kappa shape index (κ1) is 11.1. The highest BCUT2D eigenvalue weighted by Gasteiger charge is 1.92. The summed E-state index contributed by atoms with van der Waals surface area (Å²) in [7, 11) is 0. The number of aryl methyl sites for hydroxylation is 1. The number of primary amides is 1. The van der Waals surface area contributed by atoms with E-state index >= 15 is 0 Å². The maximum absolute atomic E-state index is 10.2. The van der Waals surface area contributed by atoms with Crippen molar-refractivity contribution in [1.82, 2.24) is 9.55 Å². The van der Waals surface area contributed by atoms with E-state index in [0.717, 1.165) is 5.69 Å². The third kappa shape index (κ3) is 4.18. The van der Waals surface area contributed by atoms with Gasteiger partial charge in [0.15, 0.2) is 0 Å². The number of aromatic nitrogens is 2. The molecule has 0 radical (unpaired) electrons. The molecular weight excluding hydrogens is 194 g/mol. The highest BCUT2D eigenvalue weighted by atomic mass is 16.5. The van der Waals surface area contributed by atoms with Crippen LogP contribution in [0.5, 0.6) is 0 Å². The Kier molecular flexibility index (Phi) is 4.23. The smallest absolute Gasteiger partial charge is 0.404 e. The van der Waals surface area contributed by atoms with Crippen LogP contribution in [0.25, 0.3) is 0 Å². The summed E-state index contributed by atoms with van der Waals surface area (Å²) < 4.78 is 6.45. The van der Waals surface area contributed by atoms with E-state index in [1.54, 1.807) is 12.5 Å². The van der Waals surface area contributed by atoms with E-state index < -0.39 is 6.09 Å². The maximum atomic E-state index is 10.2. The Bertz CT molecular complexity index is 387. The molecule has 80 valence electrons. The molecule has 1 aromatic rings. The van der Waals surface area contributed by atoms with Crippen LogP contribution in [0.1, 0.15) is 12.1 Å². The lowest BCUT2D eigenvalue weighted by molar-refractivity contribution is 0.159. The summed E-state index contributed by atoms with van der Waals surface area (Å²) >= 11 is 0. The van der Waals surface area contributed by atoms with Crippen LogP contribution in [0.3, 0.4) is 0 Å². The van der Waals surface area contributed by atoms with Gasteiger partial charge in [-0.2, -0.15) is 0 Å². The summed E-state index contributed by atoms with van der Waals surface area (Å²) in [6.07, 6.45) is 3.24. The number of nitrogens with zero attached hydrogens (tertiary/aromatic N) is 2. The fourth-order valence-electron chi connectivity index (χ4n) is 0.985. The lowest BCUT2D eigenvalue weighted by Crippen LogP contribution is -2.13. The number of carbonyl (C=O) groups is 1. The Morgan fingerprint density at radius 1 is 1.67 bits per heavy atom. The van der Waals surface area contributed by atoms with Crippen molar-refractivity contribution >= 4 is 6.09 Å². The summed E-state index contributed by atoms with van der Waals surface area (Å²) in [5, 5.41) is 0. The standard InChI is InChI=1S/C10H13N3O2/c1-9-7-12-8-13(9)5-3-2-4-6-15-10(11)14/h7-8H,4-6H2,1H3,(H2,11,14). The maximum Gasteiger partial charge on any atom is 0.404 e. The van der Waals surface area contributed by atoms with Crippen molar-refractivity contribution in [2.24, 2.45) is 5.73 Å². The second-order valence-corrected chi connectivity index (χ2v) is 2.93. The minimum absolute atomic E-state index is 0.241. The number of nitrogens with two attached hydrogens (primary N) is 1. The zero-order chi connectivity index (χ0) is 11.1. The average molecular weight is 207 g/mol. The van der Waals surface area contributed by atoms with Gasteiger partial charge in [0.1, 0.15) is 6.61 Å². The zero-order valence-corrected chi connectivity index (χ0v) is 8.56. The van der Waals surface area contributed by atoms with E-state index in [2.05, 4.69) is 21.6 Å². The minimum atomic E-state index is -0.762. The topological polar surface area (TPSA) is 70.1 Å². The first-order valence-electron chi connectivity index (χ1n) is 4.55. The van der Waals surface area contributed by atoms with Gasteiger partial charge >= 0.3 is 6.09 Å². The van der Waals surface area contributed by atoms with Gasteiger partial charge in [-0.15, -0.1) is 0 Å². The number of rotatable bonds is 3. The minimum Gasteiger partial charge on any atom is -0.449 e. The van der Waals surface area contributed by atoms with Crippen molar-refractivity contribution in [3.8, 4) is 11.8 Å². The van der Waals surface area contributed by atoms with E-state index in [1.165, 1.54) is 0 Å². The number of imidazole rings is 1. The number of carbonyl (C=O) groups excluding carboxylic acids is 1. The highest BCUT2D eigenvalue weighted by Crippen LogP contribution is 1.94. The number of amides is 1.